The van der Waals surface area contributed by atoms with E-state index in [1.807, 2.05) is 0 Å². The summed E-state index contributed by atoms with van der Waals surface area (Å²) in [5, 5.41) is 7.43. The minimum absolute atomic E-state index is 0.545. The number of hydrogen-bond donors (Lipinski definition) is 0. The Kier molecular flexibility index (Phi) is 10.3. The number of rotatable bonds is 11. The lowest BCUT2D eigenvalue weighted by Gasteiger charge is -2.33. The van der Waals surface area contributed by atoms with Crippen molar-refractivity contribution in [1.29, 1.82) is 0 Å². The molecule has 0 aliphatic rings. The van der Waals surface area contributed by atoms with Crippen molar-refractivity contribution in [3.8, 4) is 22.3 Å². The van der Waals surface area contributed by atoms with Crippen LogP contribution in [0.3, 0.4) is 0 Å². The van der Waals surface area contributed by atoms with Gasteiger partial charge in [-0.15, -0.1) is 0 Å². The summed E-state index contributed by atoms with van der Waals surface area (Å²) in [5.41, 5.74) is 15.0. The van der Waals surface area contributed by atoms with Gasteiger partial charge in [0.25, 0.3) is 0 Å². The predicted molar refractivity (Wildman–Crippen MR) is 290 cm³/mol. The highest BCUT2D eigenvalue weighted by Gasteiger charge is 2.31. The first-order chi connectivity index (χ1) is 33.6. The molecule has 12 aromatic rings. The first kappa shape index (κ1) is 40.7. The summed E-state index contributed by atoms with van der Waals surface area (Å²) in [6.45, 7) is 0. The topological polar surface area (TPSA) is 6.48 Å². The molecule has 0 spiro atoms. The molecular weight excluding hydrogens is 823 g/mol. The highest BCUT2D eigenvalue weighted by molar-refractivity contribution is 6.29. The Labute approximate surface area is 398 Å². The van der Waals surface area contributed by atoms with Crippen LogP contribution in [0.4, 0.5) is 51.2 Å². The van der Waals surface area contributed by atoms with Crippen LogP contribution in [0.15, 0.2) is 273 Å². The van der Waals surface area contributed by atoms with E-state index in [1.165, 1.54) is 66.1 Å². The summed E-state index contributed by atoms with van der Waals surface area (Å²) >= 11 is 0. The largest absolute Gasteiger partial charge is 0.310 e. The molecule has 0 aromatic heterocycles. The van der Waals surface area contributed by atoms with Crippen molar-refractivity contribution in [2.24, 2.45) is 0 Å². The van der Waals surface area contributed by atoms with Crippen LogP contribution in [0, 0.1) is 0 Å². The van der Waals surface area contributed by atoms with Crippen LogP contribution in [-0.2, 0) is 0 Å². The third kappa shape index (κ3) is 7.14. The molecule has 0 aliphatic heterocycles. The van der Waals surface area contributed by atoms with Crippen molar-refractivity contribution in [2.45, 2.75) is 0 Å². The van der Waals surface area contributed by atoms with Gasteiger partial charge >= 0.3 is 0 Å². The molecule has 3 heteroatoms. The van der Waals surface area contributed by atoms with Crippen molar-refractivity contribution < 1.29 is 0 Å². The molecule has 0 heterocycles. The molecule has 0 saturated heterocycles. The van der Waals surface area contributed by atoms with E-state index in [-0.39, 0.29) is 0 Å². The third-order valence-corrected chi connectivity index (χ3v) is 13.7. The van der Waals surface area contributed by atoms with Gasteiger partial charge in [0, 0.05) is 46.3 Å². The van der Waals surface area contributed by atoms with E-state index in [4.69, 9.17) is 0 Å². The van der Waals surface area contributed by atoms with Gasteiger partial charge in [0.05, 0.1) is 7.05 Å². The second kappa shape index (κ2) is 17.2. The molecule has 0 saturated carbocycles. The van der Waals surface area contributed by atoms with Gasteiger partial charge in [0.1, 0.15) is 17.1 Å². The molecule has 0 N–H and O–H groups in total. The summed E-state index contributed by atoms with van der Waals surface area (Å²) in [6.07, 6.45) is 0. The number of nitrogens with zero attached hydrogens (tertiary/aromatic N) is 3. The van der Waals surface area contributed by atoms with Gasteiger partial charge < -0.3 is 9.80 Å². The summed E-state index contributed by atoms with van der Waals surface area (Å²) in [4.78, 5) is 4.71. The van der Waals surface area contributed by atoms with E-state index >= 15 is 0 Å². The molecule has 0 fully saturated rings. The Morgan fingerprint density at radius 1 is 0.265 bits per heavy atom. The third-order valence-electron chi connectivity index (χ3n) is 13.7. The maximum atomic E-state index is 2.44. The minimum Gasteiger partial charge on any atom is -0.310 e. The standard InChI is InChI=1S/C65H48N3/c1-68(57-31-16-6-17-32-57,58-33-18-7-19-34-58)59-39-35-47(36-40-59)62-46-63(48-21-20-30-55(43-48)66(51-22-8-2-9-23-51)52-24-10-3-11-25-52)61-42-38-50-45-56(44-49-37-41-60(62)65(61)64(49)50)67(53-26-12-4-13-27-53)54-28-14-5-15-29-54/h2-46H,1H3/q+1. The summed E-state index contributed by atoms with van der Waals surface area (Å²) in [6, 6.07) is 99.2. The molecule has 322 valence electrons. The highest BCUT2D eigenvalue weighted by Crippen LogP contribution is 2.48. The number of quaternary nitrogens is 1. The maximum Gasteiger partial charge on any atom is 0.142 e. The molecular formula is C65H48N3+. The van der Waals surface area contributed by atoms with E-state index in [0.717, 1.165) is 39.7 Å². The lowest BCUT2D eigenvalue weighted by molar-refractivity contribution is 0.627. The second-order valence-electron chi connectivity index (χ2n) is 17.6. The fourth-order valence-electron chi connectivity index (χ4n) is 10.4. The van der Waals surface area contributed by atoms with Crippen molar-refractivity contribution >= 4 is 83.5 Å². The SMILES string of the molecule is C[N+](c1ccccc1)(c1ccccc1)c1ccc(-c2cc(-c3cccc(N(c4ccccc4)c4ccccc4)c3)c3ccc4cc(N(c5ccccc5)c5ccccc5)cc5ccc2c3c54)cc1. The van der Waals surface area contributed by atoms with Crippen LogP contribution in [0.2, 0.25) is 0 Å². The quantitative estimate of drug-likeness (QED) is 0.0944. The van der Waals surface area contributed by atoms with E-state index in [1.54, 1.807) is 0 Å². The number of para-hydroxylation sites is 6. The van der Waals surface area contributed by atoms with Crippen LogP contribution in [-0.4, -0.2) is 7.05 Å². The Hall–Kier alpha value is -8.76. The fourth-order valence-corrected chi connectivity index (χ4v) is 10.4. The lowest BCUT2D eigenvalue weighted by Crippen LogP contribution is -2.33. The Bertz CT molecular complexity index is 3520. The summed E-state index contributed by atoms with van der Waals surface area (Å²) in [5.74, 6) is 0. The number of hydrogen-bond acceptors (Lipinski definition) is 2. The molecule has 12 rings (SSSR count). The van der Waals surface area contributed by atoms with E-state index < -0.39 is 0 Å². The van der Waals surface area contributed by atoms with Gasteiger partial charge in [-0.1, -0.05) is 146 Å². The zero-order valence-corrected chi connectivity index (χ0v) is 37.8. The fraction of sp³-hybridized carbons (Fsp3) is 0.0154. The van der Waals surface area contributed by atoms with E-state index in [2.05, 4.69) is 290 Å². The van der Waals surface area contributed by atoms with Crippen LogP contribution < -0.4 is 14.3 Å². The van der Waals surface area contributed by atoms with E-state index in [0.29, 0.717) is 4.48 Å². The average molecular weight is 871 g/mol. The average Bonchev–Trinajstić information content (AvgIpc) is 3.42. The Balaban J connectivity index is 1.08. The van der Waals surface area contributed by atoms with Gasteiger partial charge in [-0.3, -0.25) is 0 Å². The monoisotopic (exact) mass is 870 g/mol. The van der Waals surface area contributed by atoms with Gasteiger partial charge in [0.2, 0.25) is 0 Å². The van der Waals surface area contributed by atoms with Crippen LogP contribution in [0.25, 0.3) is 54.6 Å². The highest BCUT2D eigenvalue weighted by atomic mass is 15.3. The lowest BCUT2D eigenvalue weighted by atomic mass is 9.85. The molecule has 0 atom stereocenters. The van der Waals surface area contributed by atoms with Crippen molar-refractivity contribution in [1.82, 2.24) is 4.48 Å². The van der Waals surface area contributed by atoms with Crippen molar-refractivity contribution in [3.63, 3.8) is 0 Å². The van der Waals surface area contributed by atoms with Crippen LogP contribution in [0.1, 0.15) is 0 Å². The second-order valence-corrected chi connectivity index (χ2v) is 17.6. The number of benzene rings is 12. The number of anilines is 6. The zero-order valence-electron chi connectivity index (χ0n) is 37.8. The Morgan fingerprint density at radius 3 is 1.10 bits per heavy atom. The van der Waals surface area contributed by atoms with Crippen LogP contribution in [0.5, 0.6) is 0 Å². The zero-order chi connectivity index (χ0) is 45.4. The smallest absolute Gasteiger partial charge is 0.142 e. The van der Waals surface area contributed by atoms with Crippen LogP contribution >= 0.6 is 0 Å². The molecule has 12 aromatic carbocycles. The summed E-state index contributed by atoms with van der Waals surface area (Å²) in [7, 11) is 2.29. The first-order valence-electron chi connectivity index (χ1n) is 23.4. The van der Waals surface area contributed by atoms with Gasteiger partial charge in [-0.25, -0.2) is 4.48 Å². The molecule has 0 amide bonds. The summed E-state index contributed by atoms with van der Waals surface area (Å²) < 4.78 is 0.545. The molecule has 3 nitrogen and oxygen atoms in total. The van der Waals surface area contributed by atoms with E-state index in [9.17, 15) is 0 Å². The molecule has 0 radical (unpaired) electrons. The van der Waals surface area contributed by atoms with Gasteiger partial charge in [0.15, 0.2) is 0 Å². The molecule has 0 aliphatic carbocycles. The normalized spacial score (nSPS) is 11.6. The molecule has 0 unspecified atom stereocenters. The predicted octanol–water partition coefficient (Wildman–Crippen LogP) is 18.5. The van der Waals surface area contributed by atoms with Crippen molar-refractivity contribution in [2.75, 3.05) is 16.8 Å². The van der Waals surface area contributed by atoms with Crippen molar-refractivity contribution in [3.05, 3.63) is 273 Å². The minimum atomic E-state index is 0.545. The van der Waals surface area contributed by atoms with Gasteiger partial charge in [-0.2, -0.15) is 0 Å². The first-order valence-corrected chi connectivity index (χ1v) is 23.4. The molecule has 68 heavy (non-hydrogen) atoms. The molecule has 0 bridgehead atoms. The Morgan fingerprint density at radius 2 is 0.647 bits per heavy atom. The maximum absolute atomic E-state index is 2.44. The van der Waals surface area contributed by atoms with Gasteiger partial charge in [-0.05, 0) is 170 Å².